The van der Waals surface area contributed by atoms with Crippen molar-refractivity contribution < 1.29 is 9.53 Å². The van der Waals surface area contributed by atoms with Gasteiger partial charge in [-0.3, -0.25) is 4.79 Å². The Labute approximate surface area is 130 Å². The Morgan fingerprint density at radius 3 is 2.81 bits per heavy atom. The van der Waals surface area contributed by atoms with Gasteiger partial charge >= 0.3 is 0 Å². The van der Waals surface area contributed by atoms with Crippen LogP contribution in [0.2, 0.25) is 0 Å². The minimum absolute atomic E-state index is 0.0498. The third kappa shape index (κ3) is 4.11. The molecule has 0 radical (unpaired) electrons. The zero-order valence-corrected chi connectivity index (χ0v) is 13.6. The molecule has 0 aromatic carbocycles. The van der Waals surface area contributed by atoms with Crippen LogP contribution in [0.1, 0.15) is 53.8 Å². The van der Waals surface area contributed by atoms with Crippen molar-refractivity contribution in [2.45, 2.75) is 38.5 Å². The molecule has 0 aliphatic heterocycles. The van der Waals surface area contributed by atoms with Crippen molar-refractivity contribution in [1.29, 1.82) is 0 Å². The van der Waals surface area contributed by atoms with Crippen LogP contribution >= 0.6 is 11.3 Å². The maximum absolute atomic E-state index is 12.2. The number of carbonyl (C=O) groups is 1. The van der Waals surface area contributed by atoms with Gasteiger partial charge in [0.25, 0.3) is 5.91 Å². The Morgan fingerprint density at radius 1 is 1.43 bits per heavy atom. The Balaban J connectivity index is 2.09. The van der Waals surface area contributed by atoms with Crippen molar-refractivity contribution in [1.82, 2.24) is 5.32 Å². The van der Waals surface area contributed by atoms with Crippen molar-refractivity contribution in [2.75, 3.05) is 37.9 Å². The molecule has 0 saturated heterocycles. The van der Waals surface area contributed by atoms with Gasteiger partial charge in [0.15, 0.2) is 0 Å². The van der Waals surface area contributed by atoms with E-state index in [0.717, 1.165) is 36.6 Å². The normalized spacial score (nSPS) is 14.2. The number of rotatable bonds is 9. The first kappa shape index (κ1) is 16.1. The highest BCUT2D eigenvalue weighted by Gasteiger charge is 2.32. The highest BCUT2D eigenvalue weighted by molar-refractivity contribution is 7.18. The van der Waals surface area contributed by atoms with Gasteiger partial charge < -0.3 is 21.1 Å². The summed E-state index contributed by atoms with van der Waals surface area (Å²) >= 11 is 1.48. The average Bonchev–Trinajstić information content (AvgIpc) is 3.25. The molecule has 1 amide bonds. The number of hydrogen-bond acceptors (Lipinski definition) is 5. The Hall–Kier alpha value is -1.27. The van der Waals surface area contributed by atoms with Crippen molar-refractivity contribution in [3.05, 3.63) is 10.4 Å². The predicted molar refractivity (Wildman–Crippen MR) is 88.3 cm³/mol. The van der Waals surface area contributed by atoms with Crippen LogP contribution in [0.4, 0.5) is 10.7 Å². The van der Waals surface area contributed by atoms with Crippen LogP contribution in [0.15, 0.2) is 0 Å². The van der Waals surface area contributed by atoms with Crippen LogP contribution in [0.25, 0.3) is 0 Å². The summed E-state index contributed by atoms with van der Waals surface area (Å²) in [6.07, 6.45) is 4.21. The van der Waals surface area contributed by atoms with Crippen molar-refractivity contribution in [2.24, 2.45) is 0 Å². The number of methoxy groups -OCH3 is 1. The summed E-state index contributed by atoms with van der Waals surface area (Å²) in [5, 5.41) is 7.39. The molecule has 1 saturated carbocycles. The first-order valence-electron chi connectivity index (χ1n) is 7.62. The van der Waals surface area contributed by atoms with Crippen LogP contribution in [-0.2, 0) is 4.74 Å². The van der Waals surface area contributed by atoms with Crippen LogP contribution in [0.3, 0.4) is 0 Å². The molecule has 0 bridgehead atoms. The topological polar surface area (TPSA) is 76.4 Å². The van der Waals surface area contributed by atoms with E-state index < -0.39 is 0 Å². The molecule has 1 aromatic rings. The van der Waals surface area contributed by atoms with Crippen LogP contribution < -0.4 is 16.4 Å². The van der Waals surface area contributed by atoms with Gasteiger partial charge in [0.2, 0.25) is 0 Å². The molecular weight excluding hydrogens is 286 g/mol. The van der Waals surface area contributed by atoms with E-state index in [4.69, 9.17) is 10.5 Å². The second-order valence-corrected chi connectivity index (χ2v) is 6.41. The monoisotopic (exact) mass is 311 g/mol. The summed E-state index contributed by atoms with van der Waals surface area (Å²) < 4.78 is 5.06. The number of nitrogens with two attached hydrogens (primary N) is 1. The quantitative estimate of drug-likeness (QED) is 0.613. The Kier molecular flexibility index (Phi) is 5.87. The van der Waals surface area contributed by atoms with Gasteiger partial charge in [0, 0.05) is 32.4 Å². The molecule has 21 heavy (non-hydrogen) atoms. The van der Waals surface area contributed by atoms with Gasteiger partial charge in [-0.05, 0) is 31.6 Å². The molecular formula is C15H25N3O2S. The highest BCUT2D eigenvalue weighted by atomic mass is 32.1. The first-order chi connectivity index (χ1) is 10.2. The van der Waals surface area contributed by atoms with Crippen molar-refractivity contribution in [3.63, 3.8) is 0 Å². The summed E-state index contributed by atoms with van der Waals surface area (Å²) in [7, 11) is 1.70. The van der Waals surface area contributed by atoms with Gasteiger partial charge in [-0.15, -0.1) is 11.3 Å². The summed E-state index contributed by atoms with van der Waals surface area (Å²) in [6.45, 7) is 4.29. The molecule has 1 aliphatic rings. The fourth-order valence-electron chi connectivity index (χ4n) is 2.27. The maximum Gasteiger partial charge on any atom is 0.263 e. The average molecular weight is 311 g/mol. The SMILES string of the molecule is CCCNC(=O)c1sc(NCCCOC)c(C2CC2)c1N. The van der Waals surface area contributed by atoms with Gasteiger partial charge in [-0.25, -0.2) is 0 Å². The molecule has 1 aliphatic carbocycles. The van der Waals surface area contributed by atoms with Crippen LogP contribution in [0.5, 0.6) is 0 Å². The summed E-state index contributed by atoms with van der Waals surface area (Å²) in [6, 6.07) is 0. The zero-order chi connectivity index (χ0) is 15.2. The second-order valence-electron chi connectivity index (χ2n) is 5.39. The van der Waals surface area contributed by atoms with E-state index >= 15 is 0 Å². The number of nitrogen functional groups attached to an aromatic ring is 1. The van der Waals surface area contributed by atoms with E-state index in [9.17, 15) is 4.79 Å². The van der Waals surface area contributed by atoms with E-state index in [1.807, 2.05) is 6.92 Å². The number of ether oxygens (including phenoxy) is 1. The molecule has 118 valence electrons. The molecule has 0 unspecified atom stereocenters. The number of hydrogen-bond donors (Lipinski definition) is 3. The fourth-order valence-corrected chi connectivity index (χ4v) is 3.42. The van der Waals surface area contributed by atoms with Crippen LogP contribution in [-0.4, -0.2) is 32.7 Å². The summed E-state index contributed by atoms with van der Waals surface area (Å²) in [4.78, 5) is 12.8. The van der Waals surface area contributed by atoms with E-state index in [1.54, 1.807) is 7.11 Å². The highest BCUT2D eigenvalue weighted by Crippen LogP contribution is 2.50. The van der Waals surface area contributed by atoms with Gasteiger partial charge in [0.05, 0.1) is 10.7 Å². The fraction of sp³-hybridized carbons (Fsp3) is 0.667. The van der Waals surface area contributed by atoms with Gasteiger partial charge in [-0.2, -0.15) is 0 Å². The molecule has 1 aromatic heterocycles. The lowest BCUT2D eigenvalue weighted by Gasteiger charge is -2.06. The zero-order valence-electron chi connectivity index (χ0n) is 12.8. The number of carbonyl (C=O) groups excluding carboxylic acids is 1. The Morgan fingerprint density at radius 2 is 2.19 bits per heavy atom. The molecule has 5 nitrogen and oxygen atoms in total. The standard InChI is InChI=1S/C15H25N3O2S/c1-3-7-17-14(19)13-12(16)11(10-5-6-10)15(21-13)18-8-4-9-20-2/h10,18H,3-9,16H2,1-2H3,(H,17,19). The molecule has 2 rings (SSSR count). The summed E-state index contributed by atoms with van der Waals surface area (Å²) in [5.74, 6) is 0.477. The maximum atomic E-state index is 12.2. The lowest BCUT2D eigenvalue weighted by Crippen LogP contribution is -2.23. The lowest BCUT2D eigenvalue weighted by atomic mass is 10.1. The van der Waals surface area contributed by atoms with E-state index in [-0.39, 0.29) is 5.91 Å². The predicted octanol–water partition coefficient (Wildman–Crippen LogP) is 2.80. The second kappa shape index (κ2) is 7.66. The largest absolute Gasteiger partial charge is 0.397 e. The molecule has 0 atom stereocenters. The van der Waals surface area contributed by atoms with Gasteiger partial charge in [-0.1, -0.05) is 6.92 Å². The molecule has 1 heterocycles. The number of anilines is 2. The molecule has 1 fully saturated rings. The minimum atomic E-state index is -0.0498. The van der Waals surface area contributed by atoms with E-state index in [0.29, 0.717) is 23.0 Å². The lowest BCUT2D eigenvalue weighted by molar-refractivity contribution is 0.0958. The Bertz CT molecular complexity index is 484. The molecule has 4 N–H and O–H groups in total. The number of amides is 1. The smallest absolute Gasteiger partial charge is 0.263 e. The third-order valence-electron chi connectivity index (χ3n) is 3.52. The van der Waals surface area contributed by atoms with Crippen LogP contribution in [0, 0.1) is 0 Å². The van der Waals surface area contributed by atoms with E-state index in [2.05, 4.69) is 10.6 Å². The van der Waals surface area contributed by atoms with Gasteiger partial charge in [0.1, 0.15) is 4.88 Å². The summed E-state index contributed by atoms with van der Waals surface area (Å²) in [5.41, 5.74) is 8.06. The van der Waals surface area contributed by atoms with E-state index in [1.165, 1.54) is 24.2 Å². The number of thiophene rings is 1. The molecule has 0 spiro atoms. The minimum Gasteiger partial charge on any atom is -0.397 e. The van der Waals surface area contributed by atoms with Crippen molar-refractivity contribution in [3.8, 4) is 0 Å². The third-order valence-corrected chi connectivity index (χ3v) is 4.70. The molecule has 6 heteroatoms. The first-order valence-corrected chi connectivity index (χ1v) is 8.43. The van der Waals surface area contributed by atoms with Crippen molar-refractivity contribution >= 4 is 27.9 Å². The number of nitrogens with one attached hydrogen (secondary N) is 2.